The van der Waals surface area contributed by atoms with Gasteiger partial charge in [-0.3, -0.25) is 0 Å². The zero-order valence-corrected chi connectivity index (χ0v) is 9.86. The monoisotopic (exact) mass is 211 g/mol. The van der Waals surface area contributed by atoms with Crippen molar-refractivity contribution in [1.82, 2.24) is 4.90 Å². The smallest absolute Gasteiger partial charge is 0.331 e. The molecule has 0 fully saturated rings. The van der Waals surface area contributed by atoms with E-state index in [4.69, 9.17) is 5.11 Å². The van der Waals surface area contributed by atoms with E-state index in [2.05, 4.69) is 4.90 Å². The highest BCUT2D eigenvalue weighted by Gasteiger charge is 2.05. The van der Waals surface area contributed by atoms with Crippen molar-refractivity contribution in [3.63, 3.8) is 0 Å². The van der Waals surface area contributed by atoms with Crippen LogP contribution >= 0.6 is 0 Å². The fourth-order valence-electron chi connectivity index (χ4n) is 1.22. The third kappa shape index (κ3) is 7.94. The molecule has 3 heteroatoms. The number of allylic oxidation sites excluding steroid dienone is 3. The normalized spacial score (nSPS) is 12.7. The van der Waals surface area contributed by atoms with Crippen molar-refractivity contribution in [2.75, 3.05) is 20.6 Å². The van der Waals surface area contributed by atoms with Gasteiger partial charge in [0.2, 0.25) is 0 Å². The zero-order chi connectivity index (χ0) is 11.7. The second-order valence-corrected chi connectivity index (χ2v) is 3.78. The van der Waals surface area contributed by atoms with E-state index in [1.807, 2.05) is 27.1 Å². The number of carboxylic acid groups (broad SMARTS) is 1. The number of carbonyl (C=O) groups is 1. The van der Waals surface area contributed by atoms with E-state index in [1.54, 1.807) is 12.2 Å². The van der Waals surface area contributed by atoms with Gasteiger partial charge < -0.3 is 10.0 Å². The molecule has 1 N–H and O–H groups in total. The van der Waals surface area contributed by atoms with Crippen LogP contribution in [-0.2, 0) is 4.79 Å². The lowest BCUT2D eigenvalue weighted by Gasteiger charge is -2.08. The van der Waals surface area contributed by atoms with Gasteiger partial charge in [-0.05, 0) is 46.8 Å². The molecular formula is C12H21NO2. The van der Waals surface area contributed by atoms with Crippen LogP contribution in [0.1, 0.15) is 26.2 Å². The standard InChI is InChI=1S/C12H21NO2/c1-4-5-8-11(12(14)15)9-6-7-10-13(2)3/h4-5,8H,6-7,9-10H2,1-3H3,(H,14,15)/b5-4+,11-8+. The van der Waals surface area contributed by atoms with Gasteiger partial charge >= 0.3 is 5.97 Å². The largest absolute Gasteiger partial charge is 0.478 e. The number of hydrogen-bond donors (Lipinski definition) is 1. The molecule has 3 nitrogen and oxygen atoms in total. The fourth-order valence-corrected chi connectivity index (χ4v) is 1.22. The fraction of sp³-hybridized carbons (Fsp3) is 0.583. The van der Waals surface area contributed by atoms with Crippen molar-refractivity contribution in [2.45, 2.75) is 26.2 Å². The number of rotatable bonds is 7. The molecule has 0 aromatic heterocycles. The Morgan fingerprint density at radius 1 is 1.33 bits per heavy atom. The molecule has 0 bridgehead atoms. The van der Waals surface area contributed by atoms with E-state index in [-0.39, 0.29) is 0 Å². The maximum atomic E-state index is 10.8. The van der Waals surface area contributed by atoms with Crippen molar-refractivity contribution >= 4 is 5.97 Å². The molecule has 0 aliphatic rings. The molecule has 0 spiro atoms. The van der Waals surface area contributed by atoms with Gasteiger partial charge in [-0.25, -0.2) is 4.79 Å². The Bertz CT molecular complexity index is 242. The van der Waals surface area contributed by atoms with Gasteiger partial charge in [0.05, 0.1) is 0 Å². The van der Waals surface area contributed by atoms with Crippen LogP contribution in [0.3, 0.4) is 0 Å². The van der Waals surface area contributed by atoms with Crippen LogP contribution in [0.5, 0.6) is 0 Å². The molecule has 0 unspecified atom stereocenters. The Morgan fingerprint density at radius 3 is 2.47 bits per heavy atom. The average Bonchev–Trinajstić information content (AvgIpc) is 2.15. The zero-order valence-electron chi connectivity index (χ0n) is 9.86. The summed E-state index contributed by atoms with van der Waals surface area (Å²) >= 11 is 0. The minimum atomic E-state index is -0.807. The topological polar surface area (TPSA) is 40.5 Å². The van der Waals surface area contributed by atoms with Gasteiger partial charge in [0.15, 0.2) is 0 Å². The van der Waals surface area contributed by atoms with Crippen molar-refractivity contribution in [3.8, 4) is 0 Å². The second kappa shape index (κ2) is 8.24. The molecule has 0 rings (SSSR count). The first-order chi connectivity index (χ1) is 7.07. The van der Waals surface area contributed by atoms with E-state index in [0.29, 0.717) is 12.0 Å². The number of hydrogen-bond acceptors (Lipinski definition) is 2. The SMILES string of the molecule is C/C=C/C=C(\CCCCN(C)C)C(=O)O. The highest BCUT2D eigenvalue weighted by atomic mass is 16.4. The third-order valence-corrected chi connectivity index (χ3v) is 2.07. The number of carboxylic acids is 1. The van der Waals surface area contributed by atoms with Gasteiger partial charge in [-0.2, -0.15) is 0 Å². The van der Waals surface area contributed by atoms with Crippen molar-refractivity contribution in [3.05, 3.63) is 23.8 Å². The van der Waals surface area contributed by atoms with Crippen molar-refractivity contribution in [1.29, 1.82) is 0 Å². The van der Waals surface area contributed by atoms with Crippen LogP contribution < -0.4 is 0 Å². The molecule has 0 heterocycles. The van der Waals surface area contributed by atoms with Crippen molar-refractivity contribution in [2.24, 2.45) is 0 Å². The summed E-state index contributed by atoms with van der Waals surface area (Å²) in [5, 5.41) is 8.90. The van der Waals surface area contributed by atoms with E-state index >= 15 is 0 Å². The second-order valence-electron chi connectivity index (χ2n) is 3.78. The molecule has 0 aromatic carbocycles. The van der Waals surface area contributed by atoms with Crippen LogP contribution in [0, 0.1) is 0 Å². The minimum Gasteiger partial charge on any atom is -0.478 e. The Kier molecular flexibility index (Phi) is 7.64. The lowest BCUT2D eigenvalue weighted by atomic mass is 10.1. The number of nitrogens with zero attached hydrogens (tertiary/aromatic N) is 1. The Morgan fingerprint density at radius 2 is 2.00 bits per heavy atom. The molecular weight excluding hydrogens is 190 g/mol. The van der Waals surface area contributed by atoms with Gasteiger partial charge in [-0.1, -0.05) is 18.2 Å². The maximum absolute atomic E-state index is 10.8. The first-order valence-electron chi connectivity index (χ1n) is 5.27. The number of aliphatic carboxylic acids is 1. The van der Waals surface area contributed by atoms with Gasteiger partial charge in [-0.15, -0.1) is 0 Å². The van der Waals surface area contributed by atoms with Crippen LogP contribution in [0.2, 0.25) is 0 Å². The summed E-state index contributed by atoms with van der Waals surface area (Å²) in [6, 6.07) is 0. The maximum Gasteiger partial charge on any atom is 0.331 e. The van der Waals surface area contributed by atoms with Gasteiger partial charge in [0, 0.05) is 5.57 Å². The van der Waals surface area contributed by atoms with Crippen LogP contribution in [0.25, 0.3) is 0 Å². The molecule has 0 radical (unpaired) electrons. The molecule has 0 aromatic rings. The summed E-state index contributed by atoms with van der Waals surface area (Å²) in [4.78, 5) is 12.9. The third-order valence-electron chi connectivity index (χ3n) is 2.07. The van der Waals surface area contributed by atoms with Crippen LogP contribution in [-0.4, -0.2) is 36.6 Å². The first-order valence-corrected chi connectivity index (χ1v) is 5.27. The molecule has 0 aliphatic heterocycles. The van der Waals surface area contributed by atoms with E-state index in [1.165, 1.54) is 0 Å². The lowest BCUT2D eigenvalue weighted by molar-refractivity contribution is -0.132. The van der Waals surface area contributed by atoms with Gasteiger partial charge in [0.1, 0.15) is 0 Å². The predicted octanol–water partition coefficient (Wildman–Crippen LogP) is 2.31. The summed E-state index contributed by atoms with van der Waals surface area (Å²) in [6.45, 7) is 2.89. The van der Waals surface area contributed by atoms with Crippen LogP contribution in [0.4, 0.5) is 0 Å². The summed E-state index contributed by atoms with van der Waals surface area (Å²) in [7, 11) is 4.04. The van der Waals surface area contributed by atoms with Crippen LogP contribution in [0.15, 0.2) is 23.8 Å². The summed E-state index contributed by atoms with van der Waals surface area (Å²) in [6.07, 6.45) is 7.89. The number of unbranched alkanes of at least 4 members (excludes halogenated alkanes) is 1. The molecule has 0 saturated heterocycles. The van der Waals surface area contributed by atoms with E-state index in [9.17, 15) is 4.79 Å². The Hall–Kier alpha value is -1.09. The molecule has 15 heavy (non-hydrogen) atoms. The molecule has 0 amide bonds. The summed E-state index contributed by atoms with van der Waals surface area (Å²) in [5.41, 5.74) is 0.492. The summed E-state index contributed by atoms with van der Waals surface area (Å²) < 4.78 is 0. The lowest BCUT2D eigenvalue weighted by Crippen LogP contribution is -2.13. The van der Waals surface area contributed by atoms with Crippen molar-refractivity contribution < 1.29 is 9.90 Å². The molecule has 0 atom stereocenters. The van der Waals surface area contributed by atoms with Gasteiger partial charge in [0.25, 0.3) is 0 Å². The highest BCUT2D eigenvalue weighted by molar-refractivity contribution is 5.86. The highest BCUT2D eigenvalue weighted by Crippen LogP contribution is 2.08. The first kappa shape index (κ1) is 13.9. The Balaban J connectivity index is 3.93. The molecule has 0 saturated carbocycles. The Labute approximate surface area is 92.1 Å². The molecule has 0 aliphatic carbocycles. The van der Waals surface area contributed by atoms with E-state index < -0.39 is 5.97 Å². The summed E-state index contributed by atoms with van der Waals surface area (Å²) in [5.74, 6) is -0.807. The molecule has 86 valence electrons. The van der Waals surface area contributed by atoms with E-state index in [0.717, 1.165) is 19.4 Å². The average molecular weight is 211 g/mol. The minimum absolute atomic E-state index is 0.492. The quantitative estimate of drug-likeness (QED) is 0.399. The predicted molar refractivity (Wildman–Crippen MR) is 62.9 cm³/mol.